The van der Waals surface area contributed by atoms with Crippen molar-refractivity contribution in [3.8, 4) is 11.3 Å². The molecule has 0 radical (unpaired) electrons. The normalized spacial score (nSPS) is 10.3. The summed E-state index contributed by atoms with van der Waals surface area (Å²) in [6, 6.07) is 10.2. The quantitative estimate of drug-likeness (QED) is 0.789. The van der Waals surface area contributed by atoms with Gasteiger partial charge in [0.05, 0.1) is 28.8 Å². The van der Waals surface area contributed by atoms with Crippen LogP contribution < -0.4 is 5.32 Å². The number of hydrogen-bond donors (Lipinski definition) is 1. The Morgan fingerprint density at radius 2 is 1.95 bits per heavy atom. The van der Waals surface area contributed by atoms with E-state index in [1.54, 1.807) is 29.9 Å². The van der Waals surface area contributed by atoms with Crippen LogP contribution in [0.15, 0.2) is 54.4 Å². The second kappa shape index (κ2) is 5.58. The van der Waals surface area contributed by atoms with Crippen LogP contribution in [0.1, 0.15) is 4.88 Å². The van der Waals surface area contributed by atoms with Crippen molar-refractivity contribution in [1.82, 2.24) is 15.0 Å². The Morgan fingerprint density at radius 3 is 2.74 bits per heavy atom. The highest BCUT2D eigenvalue weighted by molar-refractivity contribution is 7.10. The Balaban J connectivity index is 1.78. The van der Waals surface area contributed by atoms with Gasteiger partial charge in [0.1, 0.15) is 5.82 Å². The molecule has 0 saturated carbocycles. The van der Waals surface area contributed by atoms with Crippen LogP contribution in [-0.4, -0.2) is 15.0 Å². The van der Waals surface area contributed by atoms with Gasteiger partial charge in [-0.15, -0.1) is 11.3 Å². The van der Waals surface area contributed by atoms with Gasteiger partial charge in [0.15, 0.2) is 0 Å². The zero-order valence-corrected chi connectivity index (χ0v) is 11.0. The van der Waals surface area contributed by atoms with Crippen LogP contribution in [0, 0.1) is 0 Å². The average molecular weight is 268 g/mol. The van der Waals surface area contributed by atoms with Crippen molar-refractivity contribution >= 4 is 17.2 Å². The van der Waals surface area contributed by atoms with Gasteiger partial charge >= 0.3 is 0 Å². The molecule has 0 saturated heterocycles. The monoisotopic (exact) mass is 268 g/mol. The van der Waals surface area contributed by atoms with E-state index in [4.69, 9.17) is 0 Å². The van der Waals surface area contributed by atoms with Crippen molar-refractivity contribution in [1.29, 1.82) is 0 Å². The number of anilines is 1. The Kier molecular flexibility index (Phi) is 3.47. The van der Waals surface area contributed by atoms with Crippen LogP contribution in [-0.2, 0) is 6.54 Å². The molecule has 1 aromatic carbocycles. The fraction of sp³-hybridized carbons (Fsp3) is 0.0714. The molecule has 0 atom stereocenters. The van der Waals surface area contributed by atoms with Gasteiger partial charge in [0.2, 0.25) is 0 Å². The summed E-state index contributed by atoms with van der Waals surface area (Å²) in [6.45, 7) is 0.702. The van der Waals surface area contributed by atoms with E-state index in [9.17, 15) is 0 Å². The van der Waals surface area contributed by atoms with Gasteiger partial charge < -0.3 is 5.32 Å². The molecule has 0 amide bonds. The summed E-state index contributed by atoms with van der Waals surface area (Å²) in [5.74, 6) is 0.773. The number of thiazole rings is 1. The molecule has 0 aliphatic heterocycles. The van der Waals surface area contributed by atoms with Gasteiger partial charge in [-0.2, -0.15) is 0 Å². The van der Waals surface area contributed by atoms with E-state index < -0.39 is 0 Å². The number of nitrogens with zero attached hydrogens (tertiary/aromatic N) is 3. The standard InChI is InChI=1S/C14H12N4S/c1-2-4-11(5-3-1)14-12(19-10-18-14)8-17-13-9-15-6-7-16-13/h1-7,9-10H,8H2,(H,16,17). The number of rotatable bonds is 4. The third-order valence-electron chi connectivity index (χ3n) is 2.68. The van der Waals surface area contributed by atoms with Crippen LogP contribution in [0.3, 0.4) is 0 Å². The highest BCUT2D eigenvalue weighted by Gasteiger charge is 2.08. The Morgan fingerprint density at radius 1 is 1.05 bits per heavy atom. The maximum atomic E-state index is 4.44. The van der Waals surface area contributed by atoms with Crippen LogP contribution >= 0.6 is 11.3 Å². The van der Waals surface area contributed by atoms with Crippen LogP contribution in [0.25, 0.3) is 11.3 Å². The highest BCUT2D eigenvalue weighted by Crippen LogP contribution is 2.25. The molecule has 0 aliphatic carbocycles. The third kappa shape index (κ3) is 2.77. The fourth-order valence-corrected chi connectivity index (χ4v) is 2.51. The van der Waals surface area contributed by atoms with Crippen LogP contribution in [0.4, 0.5) is 5.82 Å². The molecule has 94 valence electrons. The molecule has 2 aromatic heterocycles. The summed E-state index contributed by atoms with van der Waals surface area (Å²) >= 11 is 1.64. The molecule has 1 N–H and O–H groups in total. The number of aromatic nitrogens is 3. The first kappa shape index (κ1) is 11.8. The Labute approximate surface area is 115 Å². The van der Waals surface area contributed by atoms with E-state index in [0.717, 1.165) is 17.1 Å². The molecule has 19 heavy (non-hydrogen) atoms. The minimum Gasteiger partial charge on any atom is -0.364 e. The summed E-state index contributed by atoms with van der Waals surface area (Å²) in [4.78, 5) is 13.9. The Hall–Kier alpha value is -2.27. The topological polar surface area (TPSA) is 50.7 Å². The maximum absolute atomic E-state index is 4.44. The molecule has 0 unspecified atom stereocenters. The minimum atomic E-state index is 0.702. The highest BCUT2D eigenvalue weighted by atomic mass is 32.1. The maximum Gasteiger partial charge on any atom is 0.144 e. The molecule has 0 bridgehead atoms. The summed E-state index contributed by atoms with van der Waals surface area (Å²) in [7, 11) is 0. The first-order chi connectivity index (χ1) is 9.43. The SMILES string of the molecule is c1ccc(-c2ncsc2CNc2cnccn2)cc1. The summed E-state index contributed by atoms with van der Waals surface area (Å²) in [5, 5.41) is 3.25. The van der Waals surface area contributed by atoms with Gasteiger partial charge in [-0.1, -0.05) is 30.3 Å². The van der Waals surface area contributed by atoms with E-state index in [1.165, 1.54) is 4.88 Å². The first-order valence-electron chi connectivity index (χ1n) is 5.91. The van der Waals surface area contributed by atoms with Crippen LogP contribution in [0.5, 0.6) is 0 Å². The summed E-state index contributed by atoms with van der Waals surface area (Å²) in [5.41, 5.74) is 4.04. The molecule has 5 heteroatoms. The van der Waals surface area contributed by atoms with Crippen LogP contribution in [0.2, 0.25) is 0 Å². The molecule has 2 heterocycles. The largest absolute Gasteiger partial charge is 0.364 e. The second-order valence-electron chi connectivity index (χ2n) is 3.93. The smallest absolute Gasteiger partial charge is 0.144 e. The van der Waals surface area contributed by atoms with Gasteiger partial charge in [0, 0.05) is 18.0 Å². The van der Waals surface area contributed by atoms with E-state index in [0.29, 0.717) is 6.54 Å². The van der Waals surface area contributed by atoms with Gasteiger partial charge in [-0.05, 0) is 0 Å². The Bertz CT molecular complexity index is 637. The van der Waals surface area contributed by atoms with Crippen molar-refractivity contribution in [2.45, 2.75) is 6.54 Å². The molecule has 0 aliphatic rings. The van der Waals surface area contributed by atoms with Gasteiger partial charge in [-0.3, -0.25) is 4.98 Å². The number of hydrogen-bond acceptors (Lipinski definition) is 5. The summed E-state index contributed by atoms with van der Waals surface area (Å²) in [6.07, 6.45) is 5.05. The average Bonchev–Trinajstić information content (AvgIpc) is 2.95. The molecular weight excluding hydrogens is 256 g/mol. The molecule has 3 rings (SSSR count). The zero-order chi connectivity index (χ0) is 12.9. The lowest BCUT2D eigenvalue weighted by Crippen LogP contribution is -2.01. The lowest BCUT2D eigenvalue weighted by Gasteiger charge is -2.05. The van der Waals surface area contributed by atoms with Crippen molar-refractivity contribution in [2.24, 2.45) is 0 Å². The third-order valence-corrected chi connectivity index (χ3v) is 3.51. The van der Waals surface area contributed by atoms with Crippen molar-refractivity contribution in [3.05, 3.63) is 59.3 Å². The lowest BCUT2D eigenvalue weighted by atomic mass is 10.1. The van der Waals surface area contributed by atoms with E-state index >= 15 is 0 Å². The number of nitrogens with one attached hydrogen (secondary N) is 1. The predicted molar refractivity (Wildman–Crippen MR) is 76.9 cm³/mol. The van der Waals surface area contributed by atoms with Gasteiger partial charge in [0.25, 0.3) is 0 Å². The minimum absolute atomic E-state index is 0.702. The second-order valence-corrected chi connectivity index (χ2v) is 4.87. The predicted octanol–water partition coefficient (Wildman–Crippen LogP) is 3.21. The molecule has 0 spiro atoms. The van der Waals surface area contributed by atoms with Gasteiger partial charge in [-0.25, -0.2) is 9.97 Å². The molecular formula is C14H12N4S. The number of benzene rings is 1. The lowest BCUT2D eigenvalue weighted by molar-refractivity contribution is 1.10. The van der Waals surface area contributed by atoms with E-state index in [1.807, 2.05) is 23.7 Å². The molecule has 4 nitrogen and oxygen atoms in total. The van der Waals surface area contributed by atoms with Crippen molar-refractivity contribution in [3.63, 3.8) is 0 Å². The van der Waals surface area contributed by atoms with E-state index in [-0.39, 0.29) is 0 Å². The molecule has 0 fully saturated rings. The van der Waals surface area contributed by atoms with Crippen molar-refractivity contribution in [2.75, 3.05) is 5.32 Å². The fourth-order valence-electron chi connectivity index (χ4n) is 1.79. The molecule has 3 aromatic rings. The van der Waals surface area contributed by atoms with Crippen molar-refractivity contribution < 1.29 is 0 Å². The van der Waals surface area contributed by atoms with E-state index in [2.05, 4.69) is 32.4 Å². The summed E-state index contributed by atoms with van der Waals surface area (Å²) < 4.78 is 0. The zero-order valence-electron chi connectivity index (χ0n) is 10.2. The first-order valence-corrected chi connectivity index (χ1v) is 6.79.